The monoisotopic (exact) mass is 403 g/mol. The van der Waals surface area contributed by atoms with Gasteiger partial charge in [-0.3, -0.25) is 9.54 Å². The molecule has 0 aliphatic carbocycles. The lowest BCUT2D eigenvalue weighted by molar-refractivity contribution is -0.140. The quantitative estimate of drug-likeness (QED) is 0.455. The summed E-state index contributed by atoms with van der Waals surface area (Å²) in [7, 11) is -2.44. The first-order valence-corrected chi connectivity index (χ1v) is 11.3. The van der Waals surface area contributed by atoms with Gasteiger partial charge in [0.05, 0.1) is 20.1 Å². The Morgan fingerprint density at radius 3 is 1.69 bits per heavy atom. The van der Waals surface area contributed by atoms with Gasteiger partial charge in [-0.25, -0.2) is 0 Å². The molecule has 1 heterocycles. The van der Waals surface area contributed by atoms with Crippen molar-refractivity contribution in [1.29, 1.82) is 0 Å². The van der Waals surface area contributed by atoms with Crippen LogP contribution in [0.1, 0.15) is 13.3 Å². The van der Waals surface area contributed by atoms with Gasteiger partial charge in [-0.1, -0.05) is 91.0 Å². The molecule has 0 saturated heterocycles. The highest BCUT2D eigenvalue weighted by Crippen LogP contribution is 2.49. The lowest BCUT2D eigenvalue weighted by Crippen LogP contribution is -2.25. The third-order valence-electron chi connectivity index (χ3n) is 4.69. The minimum absolute atomic E-state index is 0.115. The molecule has 0 fully saturated rings. The number of hydrogen-bond donors (Lipinski definition) is 0. The molecule has 4 rings (SSSR count). The zero-order chi connectivity index (χ0) is 20.1. The number of benzene rings is 3. The Kier molecular flexibility index (Phi) is 5.64. The van der Waals surface area contributed by atoms with Gasteiger partial charge in [0.2, 0.25) is 0 Å². The van der Waals surface area contributed by atoms with Crippen molar-refractivity contribution in [3.8, 4) is 0 Å². The van der Waals surface area contributed by atoms with Crippen LogP contribution in [0.2, 0.25) is 0 Å². The third-order valence-corrected chi connectivity index (χ3v) is 8.37. The van der Waals surface area contributed by atoms with E-state index < -0.39 is 7.05 Å². The second-order valence-electron chi connectivity index (χ2n) is 6.56. The predicted octanol–water partition coefficient (Wildman–Crippen LogP) is 4.32. The fraction of sp³-hybridized carbons (Fsp3) is 0.125. The Morgan fingerprint density at radius 2 is 1.28 bits per heavy atom. The van der Waals surface area contributed by atoms with Gasteiger partial charge in [0, 0.05) is 15.9 Å². The maximum atomic E-state index is 12.0. The van der Waals surface area contributed by atoms with Crippen molar-refractivity contribution in [3.63, 3.8) is 0 Å². The third kappa shape index (κ3) is 3.76. The predicted molar refractivity (Wildman–Crippen MR) is 117 cm³/mol. The smallest absolute Gasteiger partial charge is 0.319 e. The van der Waals surface area contributed by atoms with E-state index in [0.717, 1.165) is 15.9 Å². The van der Waals surface area contributed by atoms with Crippen LogP contribution in [0.5, 0.6) is 0 Å². The highest BCUT2D eigenvalue weighted by atomic mass is 31.2. The second kappa shape index (κ2) is 8.50. The lowest BCUT2D eigenvalue weighted by Gasteiger charge is -2.27. The van der Waals surface area contributed by atoms with Gasteiger partial charge in [-0.05, 0) is 6.92 Å². The Labute approximate surface area is 170 Å². The molecule has 0 spiro atoms. The average molecular weight is 403 g/mol. The van der Waals surface area contributed by atoms with E-state index in [1.54, 1.807) is 0 Å². The number of rotatable bonds is 6. The van der Waals surface area contributed by atoms with Crippen molar-refractivity contribution in [3.05, 3.63) is 103 Å². The normalized spacial score (nSPS) is 13.9. The molecule has 29 heavy (non-hydrogen) atoms. The average Bonchev–Trinajstić information content (AvgIpc) is 3.12. The van der Waals surface area contributed by atoms with Crippen molar-refractivity contribution in [2.75, 3.05) is 6.61 Å². The molecule has 4 nitrogen and oxygen atoms in total. The molecular formula is C24H22NO3P. The number of carbonyl (C=O) groups excluding carboxylic acids is 1. The number of hydrogen-bond acceptors (Lipinski definition) is 4. The molecule has 0 bridgehead atoms. The molecule has 1 aliphatic heterocycles. The minimum Gasteiger partial charge on any atom is -0.464 e. The van der Waals surface area contributed by atoms with E-state index in [-0.39, 0.29) is 18.3 Å². The molecule has 3 aromatic carbocycles. The Bertz CT molecular complexity index is 973. The van der Waals surface area contributed by atoms with E-state index in [1.807, 2.05) is 61.5 Å². The number of ether oxygens (including phenoxy) is 2. The molecule has 0 saturated carbocycles. The van der Waals surface area contributed by atoms with E-state index >= 15 is 0 Å². The Balaban J connectivity index is 2.09. The molecule has 3 aromatic rings. The summed E-state index contributed by atoms with van der Waals surface area (Å²) in [6, 6.07) is 30.8. The van der Waals surface area contributed by atoms with E-state index in [2.05, 4.69) is 36.4 Å². The maximum absolute atomic E-state index is 12.0. The standard InChI is InChI=1S/C24H22NO3P/c1-2-27-24-22(18-23(26)28-24)25-29(19-12-6-3-7-13-19,20-14-8-4-9-15-20)21-16-10-5-11-17-21/h3-17H,2,18H2,1H3. The van der Waals surface area contributed by atoms with E-state index in [4.69, 9.17) is 14.2 Å². The topological polar surface area (TPSA) is 47.9 Å². The number of nitrogens with zero attached hydrogens (tertiary/aromatic N) is 1. The van der Waals surface area contributed by atoms with Crippen LogP contribution in [0.15, 0.2) is 107 Å². The number of cyclic esters (lactones) is 1. The van der Waals surface area contributed by atoms with E-state index in [0.29, 0.717) is 12.3 Å². The van der Waals surface area contributed by atoms with Gasteiger partial charge in [0.15, 0.2) is 0 Å². The molecule has 0 N–H and O–H groups in total. The summed E-state index contributed by atoms with van der Waals surface area (Å²) >= 11 is 0. The lowest BCUT2D eigenvalue weighted by atomic mass is 10.4. The zero-order valence-corrected chi connectivity index (χ0v) is 17.1. The Hall–Kier alpha value is -3.10. The first kappa shape index (κ1) is 19.2. The van der Waals surface area contributed by atoms with E-state index in [9.17, 15) is 4.79 Å². The van der Waals surface area contributed by atoms with Crippen LogP contribution in [0, 0.1) is 0 Å². The summed E-state index contributed by atoms with van der Waals surface area (Å²) < 4.78 is 16.2. The van der Waals surface area contributed by atoms with Gasteiger partial charge in [-0.15, -0.1) is 0 Å². The van der Waals surface area contributed by atoms with Crippen molar-refractivity contribution in [1.82, 2.24) is 0 Å². The molecule has 146 valence electrons. The van der Waals surface area contributed by atoms with Crippen molar-refractivity contribution >= 4 is 28.9 Å². The zero-order valence-electron chi connectivity index (χ0n) is 16.2. The summed E-state index contributed by atoms with van der Waals surface area (Å²) in [5.74, 6) is -0.107. The fourth-order valence-electron chi connectivity index (χ4n) is 3.46. The summed E-state index contributed by atoms with van der Waals surface area (Å²) in [6.45, 7) is 2.28. The van der Waals surface area contributed by atoms with Crippen LogP contribution < -0.4 is 15.9 Å². The van der Waals surface area contributed by atoms with Gasteiger partial charge in [0.1, 0.15) is 5.70 Å². The van der Waals surface area contributed by atoms with E-state index in [1.165, 1.54) is 0 Å². The molecule has 0 unspecified atom stereocenters. The first-order chi connectivity index (χ1) is 14.2. The first-order valence-electron chi connectivity index (χ1n) is 9.60. The summed E-state index contributed by atoms with van der Waals surface area (Å²) in [4.78, 5) is 12.0. The number of esters is 1. The van der Waals surface area contributed by atoms with Crippen LogP contribution in [-0.2, 0) is 14.3 Å². The van der Waals surface area contributed by atoms with Crippen LogP contribution in [0.3, 0.4) is 0 Å². The minimum atomic E-state index is -2.44. The largest absolute Gasteiger partial charge is 0.464 e. The summed E-state index contributed by atoms with van der Waals surface area (Å²) in [6.07, 6.45) is 0.115. The maximum Gasteiger partial charge on any atom is 0.319 e. The van der Waals surface area contributed by atoms with Gasteiger partial charge in [0.25, 0.3) is 0 Å². The van der Waals surface area contributed by atoms with Crippen LogP contribution in [0.4, 0.5) is 0 Å². The molecule has 0 atom stereocenters. The molecular weight excluding hydrogens is 381 g/mol. The summed E-state index contributed by atoms with van der Waals surface area (Å²) in [5, 5.41) is 3.33. The highest BCUT2D eigenvalue weighted by Gasteiger charge is 2.32. The van der Waals surface area contributed by atoms with Crippen LogP contribution >= 0.6 is 7.05 Å². The molecule has 0 amide bonds. The van der Waals surface area contributed by atoms with Gasteiger partial charge in [-0.2, -0.15) is 0 Å². The molecule has 0 radical (unpaired) electrons. The van der Waals surface area contributed by atoms with Crippen molar-refractivity contribution < 1.29 is 14.3 Å². The summed E-state index contributed by atoms with van der Waals surface area (Å²) in [5.41, 5.74) is 0.571. The molecule has 1 aliphatic rings. The van der Waals surface area contributed by atoms with Gasteiger partial charge < -0.3 is 9.47 Å². The second-order valence-corrected chi connectivity index (χ2v) is 9.58. The Morgan fingerprint density at radius 1 is 0.828 bits per heavy atom. The SMILES string of the molecule is CCOC1=C(N=P(c2ccccc2)(c2ccccc2)c2ccccc2)CC(=O)O1. The fourth-order valence-corrected chi connectivity index (χ4v) is 7.03. The molecule has 5 heteroatoms. The van der Waals surface area contributed by atoms with Crippen LogP contribution in [-0.4, -0.2) is 12.6 Å². The van der Waals surface area contributed by atoms with Gasteiger partial charge >= 0.3 is 11.9 Å². The van der Waals surface area contributed by atoms with Crippen LogP contribution in [0.25, 0.3) is 0 Å². The van der Waals surface area contributed by atoms with Crippen molar-refractivity contribution in [2.45, 2.75) is 13.3 Å². The van der Waals surface area contributed by atoms with Crippen molar-refractivity contribution in [2.24, 2.45) is 4.74 Å². The molecule has 0 aromatic heterocycles. The highest BCUT2D eigenvalue weighted by molar-refractivity contribution is 7.87. The number of carbonyl (C=O) groups is 1.